The number of sulfonamides is 1. The van der Waals surface area contributed by atoms with E-state index in [4.69, 9.17) is 0 Å². The Morgan fingerprint density at radius 2 is 1.74 bits per heavy atom. The molecule has 8 heteroatoms. The molecule has 0 radical (unpaired) electrons. The largest absolute Gasteiger partial charge is 0.348 e. The highest BCUT2D eigenvalue weighted by Crippen LogP contribution is 2.24. The molecule has 2 heterocycles. The van der Waals surface area contributed by atoms with Crippen LogP contribution in [-0.2, 0) is 16.6 Å². The SMILES string of the molecule is CCn1ccc2cc(S(=O)(=O)N3CCN(C(=O)Nc4cc(C)ccc4C)CC3)ccc21. The minimum absolute atomic E-state index is 0.201. The summed E-state index contributed by atoms with van der Waals surface area (Å²) >= 11 is 0. The van der Waals surface area contributed by atoms with Crippen molar-refractivity contribution in [3.05, 3.63) is 59.8 Å². The van der Waals surface area contributed by atoms with E-state index in [9.17, 15) is 13.2 Å². The highest BCUT2D eigenvalue weighted by molar-refractivity contribution is 7.89. The summed E-state index contributed by atoms with van der Waals surface area (Å²) in [5.74, 6) is 0. The minimum Gasteiger partial charge on any atom is -0.348 e. The lowest BCUT2D eigenvalue weighted by atomic mass is 10.1. The van der Waals surface area contributed by atoms with Crippen LogP contribution in [0.1, 0.15) is 18.1 Å². The third-order valence-corrected chi connectivity index (χ3v) is 7.78. The Morgan fingerprint density at radius 3 is 2.45 bits per heavy atom. The first-order valence-electron chi connectivity index (χ1n) is 10.5. The van der Waals surface area contributed by atoms with Gasteiger partial charge in [0, 0.05) is 55.5 Å². The van der Waals surface area contributed by atoms with E-state index in [0.717, 1.165) is 34.3 Å². The van der Waals surface area contributed by atoms with E-state index in [1.165, 1.54) is 4.31 Å². The van der Waals surface area contributed by atoms with Crippen LogP contribution in [0.5, 0.6) is 0 Å². The number of anilines is 1. The fraction of sp³-hybridized carbons (Fsp3) is 0.348. The quantitative estimate of drug-likeness (QED) is 0.670. The number of carbonyl (C=O) groups excluding carboxylic acids is 1. The van der Waals surface area contributed by atoms with Gasteiger partial charge >= 0.3 is 6.03 Å². The summed E-state index contributed by atoms with van der Waals surface area (Å²) in [6, 6.07) is 12.9. The van der Waals surface area contributed by atoms with Crippen LogP contribution in [0.25, 0.3) is 10.9 Å². The molecule has 1 aromatic heterocycles. The average molecular weight is 441 g/mol. The third-order valence-electron chi connectivity index (χ3n) is 5.88. The summed E-state index contributed by atoms with van der Waals surface area (Å²) in [5.41, 5.74) is 3.87. The zero-order chi connectivity index (χ0) is 22.2. The number of nitrogens with one attached hydrogen (secondary N) is 1. The van der Waals surface area contributed by atoms with Crippen LogP contribution in [0.2, 0.25) is 0 Å². The number of aromatic nitrogens is 1. The van der Waals surface area contributed by atoms with Crippen LogP contribution in [0.4, 0.5) is 10.5 Å². The monoisotopic (exact) mass is 440 g/mol. The number of hydrogen-bond donors (Lipinski definition) is 1. The maximum atomic E-state index is 13.2. The molecular weight excluding hydrogens is 412 g/mol. The molecule has 0 spiro atoms. The lowest BCUT2D eigenvalue weighted by Crippen LogP contribution is -2.51. The molecule has 0 bridgehead atoms. The fourth-order valence-electron chi connectivity index (χ4n) is 3.96. The molecule has 0 unspecified atom stereocenters. The van der Waals surface area contributed by atoms with Gasteiger partial charge in [0.15, 0.2) is 0 Å². The summed E-state index contributed by atoms with van der Waals surface area (Å²) in [6.45, 7) is 8.07. The Hall–Kier alpha value is -2.84. The van der Waals surface area contributed by atoms with E-state index in [0.29, 0.717) is 18.0 Å². The topological polar surface area (TPSA) is 74.7 Å². The predicted molar refractivity (Wildman–Crippen MR) is 123 cm³/mol. The Balaban J connectivity index is 1.44. The minimum atomic E-state index is -3.61. The van der Waals surface area contributed by atoms with E-state index in [2.05, 4.69) is 16.8 Å². The number of fused-ring (bicyclic) bond motifs is 1. The van der Waals surface area contributed by atoms with Crippen LogP contribution in [0, 0.1) is 13.8 Å². The number of aryl methyl sites for hydroxylation is 3. The number of piperazine rings is 1. The predicted octanol–water partition coefficient (Wildman–Crippen LogP) is 3.82. The molecule has 31 heavy (non-hydrogen) atoms. The van der Waals surface area contributed by atoms with E-state index in [1.54, 1.807) is 17.0 Å². The summed E-state index contributed by atoms with van der Waals surface area (Å²) in [6.07, 6.45) is 1.97. The summed E-state index contributed by atoms with van der Waals surface area (Å²) in [4.78, 5) is 14.6. The molecular formula is C23H28N4O3S. The van der Waals surface area contributed by atoms with E-state index in [1.807, 2.05) is 50.4 Å². The van der Waals surface area contributed by atoms with Crippen molar-refractivity contribution in [1.82, 2.24) is 13.8 Å². The molecule has 7 nitrogen and oxygen atoms in total. The molecule has 1 fully saturated rings. The zero-order valence-electron chi connectivity index (χ0n) is 18.1. The van der Waals surface area contributed by atoms with E-state index in [-0.39, 0.29) is 19.1 Å². The van der Waals surface area contributed by atoms with Crippen LogP contribution >= 0.6 is 0 Å². The molecule has 164 valence electrons. The van der Waals surface area contributed by atoms with Crippen molar-refractivity contribution in [3.63, 3.8) is 0 Å². The molecule has 2 aromatic carbocycles. The molecule has 1 aliphatic rings. The van der Waals surface area contributed by atoms with Gasteiger partial charge in [-0.3, -0.25) is 0 Å². The first kappa shape index (κ1) is 21.4. The second kappa shape index (κ2) is 8.36. The van der Waals surface area contributed by atoms with Crippen LogP contribution in [0.15, 0.2) is 53.6 Å². The van der Waals surface area contributed by atoms with Crippen molar-refractivity contribution < 1.29 is 13.2 Å². The number of carbonyl (C=O) groups is 1. The van der Waals surface area contributed by atoms with E-state index < -0.39 is 10.0 Å². The lowest BCUT2D eigenvalue weighted by Gasteiger charge is -2.34. The second-order valence-corrected chi connectivity index (χ2v) is 9.90. The zero-order valence-corrected chi connectivity index (χ0v) is 18.9. The second-order valence-electron chi connectivity index (χ2n) is 7.96. The molecule has 0 saturated carbocycles. The molecule has 2 amide bonds. The number of benzene rings is 2. The maximum absolute atomic E-state index is 13.2. The summed E-state index contributed by atoms with van der Waals surface area (Å²) < 4.78 is 29.9. The summed E-state index contributed by atoms with van der Waals surface area (Å²) in [5, 5.41) is 3.86. The van der Waals surface area contributed by atoms with Gasteiger partial charge in [-0.25, -0.2) is 13.2 Å². The first-order chi connectivity index (χ1) is 14.8. The first-order valence-corrected chi connectivity index (χ1v) is 12.0. The molecule has 1 saturated heterocycles. The fourth-order valence-corrected chi connectivity index (χ4v) is 5.42. The van der Waals surface area contributed by atoms with Gasteiger partial charge in [-0.15, -0.1) is 0 Å². The number of nitrogens with zero attached hydrogens (tertiary/aromatic N) is 3. The highest BCUT2D eigenvalue weighted by Gasteiger charge is 2.30. The van der Waals surface area contributed by atoms with Crippen molar-refractivity contribution in [2.45, 2.75) is 32.2 Å². The highest BCUT2D eigenvalue weighted by atomic mass is 32.2. The summed E-state index contributed by atoms with van der Waals surface area (Å²) in [7, 11) is -3.61. The van der Waals surface area contributed by atoms with Crippen molar-refractivity contribution in [3.8, 4) is 0 Å². The van der Waals surface area contributed by atoms with E-state index >= 15 is 0 Å². The Labute approximate surface area is 183 Å². The van der Waals surface area contributed by atoms with Crippen LogP contribution < -0.4 is 5.32 Å². The Morgan fingerprint density at radius 1 is 1.00 bits per heavy atom. The number of rotatable bonds is 4. The van der Waals surface area contributed by atoms with Gasteiger partial charge in [0.05, 0.1) is 4.90 Å². The normalized spacial score (nSPS) is 15.4. The standard InChI is InChI=1S/C23H28N4O3S/c1-4-25-10-9-19-16-20(7-8-22(19)25)31(29,30)27-13-11-26(12-14-27)23(28)24-21-15-17(2)5-6-18(21)3/h5-10,15-16H,4,11-14H2,1-3H3,(H,24,28). The number of amides is 2. The van der Waals surface area contributed by atoms with Gasteiger partial charge in [0.2, 0.25) is 10.0 Å². The molecule has 1 N–H and O–H groups in total. The van der Waals surface area contributed by atoms with Crippen molar-refractivity contribution >= 4 is 32.6 Å². The Bertz CT molecular complexity index is 1220. The molecule has 0 atom stereocenters. The van der Waals surface area contributed by atoms with Gasteiger partial charge < -0.3 is 14.8 Å². The molecule has 4 rings (SSSR count). The lowest BCUT2D eigenvalue weighted by molar-refractivity contribution is 0.184. The number of hydrogen-bond acceptors (Lipinski definition) is 3. The van der Waals surface area contributed by atoms with Crippen molar-refractivity contribution in [2.24, 2.45) is 0 Å². The van der Waals surface area contributed by atoms with Gasteiger partial charge in [-0.2, -0.15) is 4.31 Å². The van der Waals surface area contributed by atoms with Gasteiger partial charge in [-0.05, 0) is 62.2 Å². The van der Waals surface area contributed by atoms with Gasteiger partial charge in [0.25, 0.3) is 0 Å². The molecule has 0 aliphatic carbocycles. The average Bonchev–Trinajstić information content (AvgIpc) is 3.18. The Kier molecular flexibility index (Phi) is 5.77. The van der Waals surface area contributed by atoms with Gasteiger partial charge in [-0.1, -0.05) is 12.1 Å². The van der Waals surface area contributed by atoms with Gasteiger partial charge in [0.1, 0.15) is 0 Å². The van der Waals surface area contributed by atoms with Crippen molar-refractivity contribution in [2.75, 3.05) is 31.5 Å². The number of urea groups is 1. The molecule has 3 aromatic rings. The smallest absolute Gasteiger partial charge is 0.321 e. The van der Waals surface area contributed by atoms with Crippen LogP contribution in [-0.4, -0.2) is 54.4 Å². The van der Waals surface area contributed by atoms with Crippen molar-refractivity contribution in [1.29, 1.82) is 0 Å². The third kappa shape index (κ3) is 4.18. The molecule has 1 aliphatic heterocycles. The maximum Gasteiger partial charge on any atom is 0.321 e. The van der Waals surface area contributed by atoms with Crippen LogP contribution in [0.3, 0.4) is 0 Å².